The highest BCUT2D eigenvalue weighted by molar-refractivity contribution is 7.31. The van der Waals surface area contributed by atoms with Gasteiger partial charge in [-0.1, -0.05) is 79.1 Å². The molecule has 1 aromatic carbocycles. The van der Waals surface area contributed by atoms with Crippen molar-refractivity contribution in [1.82, 2.24) is 0 Å². The Morgan fingerprint density at radius 1 is 0.591 bits per heavy atom. The van der Waals surface area contributed by atoms with Crippen LogP contribution in [0.3, 0.4) is 0 Å². The second kappa shape index (κ2) is 15.4. The van der Waals surface area contributed by atoms with Crippen molar-refractivity contribution in [3.8, 4) is 20.9 Å². The van der Waals surface area contributed by atoms with Crippen molar-refractivity contribution in [2.45, 2.75) is 91.9 Å². The van der Waals surface area contributed by atoms with Crippen LogP contribution in [0.25, 0.3) is 41.1 Å². The largest absolute Gasteiger partial charge is 0.499 e. The Hall–Kier alpha value is -1.49. The number of benzene rings is 1. The molecule has 0 aliphatic carbocycles. The average molecular weight is 667 g/mol. The van der Waals surface area contributed by atoms with Gasteiger partial charge in [-0.3, -0.25) is 0 Å². The average Bonchev–Trinajstić information content (AvgIpc) is 3.82. The first kappa shape index (κ1) is 33.9. The summed E-state index contributed by atoms with van der Waals surface area (Å²) in [4.78, 5) is 5.00. The van der Waals surface area contributed by atoms with Gasteiger partial charge in [-0.05, 0) is 61.1 Å². The number of thiophene rings is 4. The molecule has 2 atom stereocenters. The van der Waals surface area contributed by atoms with Gasteiger partial charge in [0, 0.05) is 60.4 Å². The first-order valence-electron chi connectivity index (χ1n) is 16.2. The van der Waals surface area contributed by atoms with Crippen molar-refractivity contribution < 1.29 is 20.1 Å². The molecule has 0 bridgehead atoms. The van der Waals surface area contributed by atoms with Crippen molar-refractivity contribution in [1.29, 1.82) is 0 Å². The van der Waals surface area contributed by atoms with E-state index in [4.69, 9.17) is 0 Å². The van der Waals surface area contributed by atoms with Crippen molar-refractivity contribution in [2.75, 3.05) is 0 Å². The fourth-order valence-corrected chi connectivity index (χ4v) is 11.0. The van der Waals surface area contributed by atoms with Crippen LogP contribution < -0.4 is 9.55 Å². The summed E-state index contributed by atoms with van der Waals surface area (Å²) in [6.07, 6.45) is 11.9. The van der Waals surface area contributed by atoms with Gasteiger partial charge in [0.1, 0.15) is 0 Å². The van der Waals surface area contributed by atoms with Crippen LogP contribution in [0.1, 0.15) is 88.8 Å². The van der Waals surface area contributed by atoms with Gasteiger partial charge in [0.2, 0.25) is 0 Å². The lowest BCUT2D eigenvalue weighted by Gasteiger charge is -2.13. The predicted molar refractivity (Wildman–Crippen MR) is 198 cm³/mol. The molecular formula is C34H44B2O4S4. The van der Waals surface area contributed by atoms with Gasteiger partial charge in [0.05, 0.1) is 0 Å². The molecule has 5 rings (SSSR count). The van der Waals surface area contributed by atoms with E-state index in [2.05, 4.69) is 52.0 Å². The summed E-state index contributed by atoms with van der Waals surface area (Å²) >= 11 is 6.48. The normalized spacial score (nSPS) is 13.3. The Morgan fingerprint density at radius 2 is 1.00 bits per heavy atom. The SMILES string of the molecule is CCCCC(CC)Cc1ccc(-c2c3cc(B(O)O)sc3c(-c3ccc(CC(CC)CCCC)s3)c3cc(B(O)O)sc23)s1. The third-order valence-electron chi connectivity index (χ3n) is 8.89. The number of unbranched alkanes of at least 4 members (excludes halogenated alkanes) is 2. The highest BCUT2D eigenvalue weighted by Crippen LogP contribution is 2.49. The molecule has 4 nitrogen and oxygen atoms in total. The quantitative estimate of drug-likeness (QED) is 0.0798. The second-order valence-electron chi connectivity index (χ2n) is 12.1. The van der Waals surface area contributed by atoms with Crippen LogP contribution in [0.2, 0.25) is 0 Å². The first-order valence-corrected chi connectivity index (χ1v) is 19.5. The fraction of sp³-hybridized carbons (Fsp3) is 0.471. The molecule has 4 aromatic heterocycles. The molecule has 2 unspecified atom stereocenters. The zero-order valence-corrected chi connectivity index (χ0v) is 29.5. The van der Waals surface area contributed by atoms with Crippen molar-refractivity contribution >= 4 is 89.3 Å². The Kier molecular flexibility index (Phi) is 11.9. The number of fused-ring (bicyclic) bond motifs is 2. The van der Waals surface area contributed by atoms with E-state index in [1.54, 1.807) is 0 Å². The summed E-state index contributed by atoms with van der Waals surface area (Å²) in [6, 6.07) is 12.8. The maximum atomic E-state index is 10.3. The number of rotatable bonds is 16. The van der Waals surface area contributed by atoms with Crippen LogP contribution in [0, 0.1) is 11.8 Å². The molecule has 0 saturated carbocycles. The summed E-state index contributed by atoms with van der Waals surface area (Å²) in [5.41, 5.74) is 2.11. The molecule has 10 heteroatoms. The Labute approximate surface area is 278 Å². The lowest BCUT2D eigenvalue weighted by atomic mass is 9.87. The zero-order chi connectivity index (χ0) is 31.4. The molecule has 0 fully saturated rings. The topological polar surface area (TPSA) is 80.9 Å². The molecule has 4 heterocycles. The van der Waals surface area contributed by atoms with Gasteiger partial charge in [-0.25, -0.2) is 0 Å². The Balaban J connectivity index is 1.66. The highest BCUT2D eigenvalue weighted by atomic mass is 32.1. The van der Waals surface area contributed by atoms with E-state index in [1.807, 2.05) is 34.8 Å². The molecule has 0 radical (unpaired) electrons. The first-order chi connectivity index (χ1) is 21.3. The van der Waals surface area contributed by atoms with E-state index in [0.717, 1.165) is 53.9 Å². The summed E-state index contributed by atoms with van der Waals surface area (Å²) in [7, 11) is -3.10. The molecule has 4 N–H and O–H groups in total. The fourth-order valence-electron chi connectivity index (χ4n) is 6.25. The van der Waals surface area contributed by atoms with Crippen molar-refractivity contribution in [2.24, 2.45) is 11.8 Å². The smallest absolute Gasteiger partial charge is 0.423 e. The standard InChI is InChI=1S/C34H44B2O4S4/c1-5-9-11-21(7-3)17-23-13-15-27(41-23)31-25-19-29(35(37)38)44-34(25)32(26-20-30(36(39)40)43-33(26)31)28-16-14-24(42-28)18-22(8-4)12-10-6-2/h13-16,19-22,37-40H,5-12,17-18H2,1-4H3. The van der Waals surface area contributed by atoms with E-state index < -0.39 is 14.2 Å². The van der Waals surface area contributed by atoms with Crippen LogP contribution in [-0.4, -0.2) is 34.3 Å². The van der Waals surface area contributed by atoms with E-state index >= 15 is 0 Å². The van der Waals surface area contributed by atoms with E-state index in [0.29, 0.717) is 21.4 Å². The van der Waals surface area contributed by atoms with Crippen molar-refractivity contribution in [3.63, 3.8) is 0 Å². The number of hydrogen-bond acceptors (Lipinski definition) is 8. The lowest BCUT2D eigenvalue weighted by Crippen LogP contribution is -2.26. The maximum absolute atomic E-state index is 10.3. The second-order valence-corrected chi connectivity index (χ2v) is 16.6. The van der Waals surface area contributed by atoms with Crippen LogP contribution in [0.15, 0.2) is 36.4 Å². The summed E-state index contributed by atoms with van der Waals surface area (Å²) in [5.74, 6) is 1.34. The minimum Gasteiger partial charge on any atom is -0.423 e. The number of hydrogen-bond donors (Lipinski definition) is 4. The molecule has 44 heavy (non-hydrogen) atoms. The molecule has 5 aromatic rings. The summed E-state index contributed by atoms with van der Waals surface area (Å²) in [6.45, 7) is 9.06. The molecular weight excluding hydrogens is 622 g/mol. The summed E-state index contributed by atoms with van der Waals surface area (Å²) in [5, 5.41) is 43.0. The van der Waals surface area contributed by atoms with E-state index in [1.165, 1.54) is 83.8 Å². The third kappa shape index (κ3) is 7.39. The monoisotopic (exact) mass is 666 g/mol. The molecule has 234 valence electrons. The molecule has 0 aliphatic heterocycles. The maximum Gasteiger partial charge on any atom is 0.499 e. The Bertz CT molecular complexity index is 1490. The van der Waals surface area contributed by atoms with Gasteiger partial charge in [0.15, 0.2) is 0 Å². The molecule has 0 aliphatic rings. The van der Waals surface area contributed by atoms with Gasteiger partial charge in [-0.2, -0.15) is 0 Å². The molecule has 0 saturated heterocycles. The van der Waals surface area contributed by atoms with Crippen LogP contribution in [0.5, 0.6) is 0 Å². The third-order valence-corrected chi connectivity index (χ3v) is 13.5. The van der Waals surface area contributed by atoms with Crippen LogP contribution in [-0.2, 0) is 12.8 Å². The van der Waals surface area contributed by atoms with Gasteiger partial charge in [-0.15, -0.1) is 45.3 Å². The van der Waals surface area contributed by atoms with Gasteiger partial charge >= 0.3 is 14.2 Å². The van der Waals surface area contributed by atoms with E-state index in [9.17, 15) is 20.1 Å². The Morgan fingerprint density at radius 3 is 1.34 bits per heavy atom. The highest BCUT2D eigenvalue weighted by Gasteiger charge is 2.27. The molecule has 0 amide bonds. The van der Waals surface area contributed by atoms with Gasteiger partial charge < -0.3 is 20.1 Å². The zero-order valence-electron chi connectivity index (χ0n) is 26.3. The minimum absolute atomic E-state index is 0.521. The van der Waals surface area contributed by atoms with Crippen LogP contribution in [0.4, 0.5) is 0 Å². The predicted octanol–water partition coefficient (Wildman–Crippen LogP) is 8.45. The minimum atomic E-state index is -1.55. The van der Waals surface area contributed by atoms with Gasteiger partial charge in [0.25, 0.3) is 0 Å². The molecule has 0 spiro atoms. The summed E-state index contributed by atoms with van der Waals surface area (Å²) < 4.78 is 3.07. The van der Waals surface area contributed by atoms with E-state index in [-0.39, 0.29) is 0 Å². The van der Waals surface area contributed by atoms with Crippen molar-refractivity contribution in [3.05, 3.63) is 46.2 Å². The lowest BCUT2D eigenvalue weighted by molar-refractivity contribution is 0.425. The van der Waals surface area contributed by atoms with Crippen LogP contribution >= 0.6 is 45.3 Å².